The van der Waals surface area contributed by atoms with Crippen LogP contribution in [0.4, 0.5) is 0 Å². The van der Waals surface area contributed by atoms with Gasteiger partial charge in [0.2, 0.25) is 12.6 Å². The molecule has 0 bridgehead atoms. The van der Waals surface area contributed by atoms with E-state index >= 15 is 0 Å². The Morgan fingerprint density at radius 3 is 1.45 bits per heavy atom. The van der Waals surface area contributed by atoms with Crippen LogP contribution >= 0.6 is 0 Å². The van der Waals surface area contributed by atoms with Gasteiger partial charge in [-0.25, -0.2) is 0 Å². The van der Waals surface area contributed by atoms with Crippen molar-refractivity contribution in [2.24, 2.45) is 0 Å². The van der Waals surface area contributed by atoms with E-state index in [2.05, 4.69) is 28.3 Å². The van der Waals surface area contributed by atoms with E-state index in [1.54, 1.807) is 0 Å². The molecule has 0 aliphatic carbocycles. The van der Waals surface area contributed by atoms with Crippen LogP contribution in [0.25, 0.3) is 0 Å². The fraction of sp³-hybridized carbons (Fsp3) is 0.882. The van der Waals surface area contributed by atoms with Crippen LogP contribution in [-0.2, 0) is 85.3 Å². The van der Waals surface area contributed by atoms with Crippen LogP contribution in [0, 0.1) is 0 Å². The highest BCUT2D eigenvalue weighted by Crippen LogP contribution is 2.24. The molecule has 0 spiro atoms. The number of ether oxygens (including phenoxy) is 18. The van der Waals surface area contributed by atoms with Crippen LogP contribution < -0.4 is 5.32 Å². The van der Waals surface area contributed by atoms with Crippen molar-refractivity contribution in [3.05, 3.63) is 25.0 Å². The number of hydrogen-bond donors (Lipinski definition) is 1. The van der Waals surface area contributed by atoms with Gasteiger partial charge in [-0.1, -0.05) is 0 Å². The first kappa shape index (κ1) is 44.1. The van der Waals surface area contributed by atoms with E-state index in [-0.39, 0.29) is 79.0 Å². The highest BCUT2D eigenvalue weighted by molar-refractivity contribution is 4.76. The molecule has 0 aromatic carbocycles. The van der Waals surface area contributed by atoms with Crippen LogP contribution in [0.5, 0.6) is 0 Å². The van der Waals surface area contributed by atoms with Gasteiger partial charge in [0, 0.05) is 39.3 Å². The SMILES string of the molecule is C=C1OCC(OCOCC(OCOC2COC(=C)O2)OCN2CCNCCN(CO[C@H](COCOC3COC(C)(C)O3)OCOC3COC(C)(C)O3)CC2)O1. The molecule has 6 atom stereocenters. The van der Waals surface area contributed by atoms with Gasteiger partial charge in [0.25, 0.3) is 11.9 Å². The molecule has 0 amide bonds. The van der Waals surface area contributed by atoms with E-state index in [4.69, 9.17) is 85.3 Å². The van der Waals surface area contributed by atoms with E-state index in [1.807, 2.05) is 27.7 Å². The molecule has 5 unspecified atom stereocenters. The minimum absolute atomic E-state index is 0.0436. The van der Waals surface area contributed by atoms with Gasteiger partial charge >= 0.3 is 0 Å². The Labute approximate surface area is 321 Å². The van der Waals surface area contributed by atoms with E-state index in [0.717, 1.165) is 26.2 Å². The predicted molar refractivity (Wildman–Crippen MR) is 183 cm³/mol. The third-order valence-corrected chi connectivity index (χ3v) is 8.28. The fourth-order valence-electron chi connectivity index (χ4n) is 5.34. The second-order valence-electron chi connectivity index (χ2n) is 13.6. The van der Waals surface area contributed by atoms with Gasteiger partial charge in [0.15, 0.2) is 70.3 Å². The summed E-state index contributed by atoms with van der Waals surface area (Å²) in [5.41, 5.74) is 0. The highest BCUT2D eigenvalue weighted by atomic mass is 16.9. The van der Waals surface area contributed by atoms with Gasteiger partial charge in [-0.3, -0.25) is 9.80 Å². The fourth-order valence-corrected chi connectivity index (χ4v) is 5.34. The Bertz CT molecular complexity index is 1140. The van der Waals surface area contributed by atoms with Crippen molar-refractivity contribution < 1.29 is 85.3 Å². The molecular formula is C34H59N3O18. The van der Waals surface area contributed by atoms with Gasteiger partial charge in [0.05, 0.1) is 0 Å². The molecule has 55 heavy (non-hydrogen) atoms. The van der Waals surface area contributed by atoms with Gasteiger partial charge in [0.1, 0.15) is 46.7 Å². The van der Waals surface area contributed by atoms with Gasteiger partial charge < -0.3 is 90.6 Å². The molecule has 5 rings (SSSR count). The minimum atomic E-state index is -0.791. The summed E-state index contributed by atoms with van der Waals surface area (Å²) in [5.74, 6) is -1.03. The van der Waals surface area contributed by atoms with Crippen molar-refractivity contribution in [1.82, 2.24) is 15.1 Å². The molecule has 318 valence electrons. The average Bonchev–Trinajstić information content (AvgIpc) is 3.94. The summed E-state index contributed by atoms with van der Waals surface area (Å²) in [6, 6.07) is 0. The summed E-state index contributed by atoms with van der Waals surface area (Å²) < 4.78 is 101. The summed E-state index contributed by atoms with van der Waals surface area (Å²) in [7, 11) is 0. The second-order valence-corrected chi connectivity index (χ2v) is 13.6. The zero-order valence-corrected chi connectivity index (χ0v) is 32.3. The maximum Gasteiger partial charge on any atom is 0.274 e. The molecule has 5 aliphatic heterocycles. The zero-order chi connectivity index (χ0) is 38.9. The lowest BCUT2D eigenvalue weighted by Crippen LogP contribution is -2.41. The van der Waals surface area contributed by atoms with Gasteiger partial charge in [-0.05, 0) is 40.9 Å². The Kier molecular flexibility index (Phi) is 18.3. The third kappa shape index (κ3) is 17.2. The Morgan fingerprint density at radius 1 is 0.600 bits per heavy atom. The third-order valence-electron chi connectivity index (χ3n) is 8.28. The molecule has 21 nitrogen and oxygen atoms in total. The van der Waals surface area contributed by atoms with E-state index in [0.29, 0.717) is 26.3 Å². The summed E-state index contributed by atoms with van der Waals surface area (Å²) in [6.07, 6.45) is -3.88. The Balaban J connectivity index is 1.05. The topological polar surface area (TPSA) is 185 Å². The lowest BCUT2D eigenvalue weighted by atomic mass is 10.4. The first-order valence-electron chi connectivity index (χ1n) is 18.3. The summed E-state index contributed by atoms with van der Waals surface area (Å²) >= 11 is 0. The monoisotopic (exact) mass is 797 g/mol. The molecule has 5 fully saturated rings. The lowest BCUT2D eigenvalue weighted by Gasteiger charge is -2.28. The van der Waals surface area contributed by atoms with Crippen LogP contribution in [0.15, 0.2) is 25.0 Å². The first-order chi connectivity index (χ1) is 26.5. The Morgan fingerprint density at radius 2 is 1.04 bits per heavy atom. The maximum atomic E-state index is 6.18. The molecule has 5 heterocycles. The highest BCUT2D eigenvalue weighted by Gasteiger charge is 2.34. The number of nitrogens with one attached hydrogen (secondary N) is 1. The van der Waals surface area contributed by atoms with Crippen LogP contribution in [0.2, 0.25) is 0 Å². The number of nitrogens with zero attached hydrogens (tertiary/aromatic N) is 2. The average molecular weight is 798 g/mol. The molecule has 5 aliphatic rings. The normalized spacial score (nSPS) is 28.5. The van der Waals surface area contributed by atoms with Gasteiger partial charge in [-0.2, -0.15) is 0 Å². The summed E-state index contributed by atoms with van der Waals surface area (Å²) in [4.78, 5) is 4.31. The minimum Gasteiger partial charge on any atom is -0.459 e. The van der Waals surface area contributed by atoms with Crippen LogP contribution in [-0.4, -0.2) is 179 Å². The van der Waals surface area contributed by atoms with Crippen LogP contribution in [0.1, 0.15) is 27.7 Å². The summed E-state index contributed by atoms with van der Waals surface area (Å²) in [5, 5.41) is 3.46. The molecule has 1 N–H and O–H groups in total. The molecular weight excluding hydrogens is 738 g/mol. The second kappa shape index (κ2) is 22.8. The summed E-state index contributed by atoms with van der Waals surface area (Å²) in [6.45, 7) is 20.1. The van der Waals surface area contributed by atoms with Crippen LogP contribution in [0.3, 0.4) is 0 Å². The standard InChI is InChI=1S/C34H59N3O18/c1-25-40-15-29(52-25)44-21-38-13-27(46-23-48-30-16-41-26(2)53-30)42-19-36-9-7-35-8-10-37(12-11-36)20-43-28(47-24-49-32-18-51-34(5,6)55-32)14-39-22-45-31-17-50-33(3,4)54-31/h27-32,35H,1-2,7-24H2,3-6H3/t27?,28-,29?,30?,31?,32?/m0/s1. The van der Waals surface area contributed by atoms with Crippen molar-refractivity contribution in [1.29, 1.82) is 0 Å². The van der Waals surface area contributed by atoms with E-state index < -0.39 is 49.3 Å². The predicted octanol–water partition coefficient (Wildman–Crippen LogP) is 0.663. The molecule has 0 aromatic rings. The zero-order valence-electron chi connectivity index (χ0n) is 32.3. The quantitative estimate of drug-likeness (QED) is 0.106. The van der Waals surface area contributed by atoms with Crippen molar-refractivity contribution >= 4 is 0 Å². The van der Waals surface area contributed by atoms with E-state index in [9.17, 15) is 0 Å². The Hall–Kier alpha value is -2.00. The first-order valence-corrected chi connectivity index (χ1v) is 18.3. The van der Waals surface area contributed by atoms with Crippen molar-refractivity contribution in [3.8, 4) is 0 Å². The van der Waals surface area contributed by atoms with Gasteiger partial charge in [-0.15, -0.1) is 0 Å². The molecule has 0 radical (unpaired) electrons. The molecule has 5 saturated heterocycles. The van der Waals surface area contributed by atoms with Crippen molar-refractivity contribution in [2.75, 3.05) is 120 Å². The van der Waals surface area contributed by atoms with Crippen molar-refractivity contribution in [2.45, 2.75) is 77.0 Å². The van der Waals surface area contributed by atoms with Crippen molar-refractivity contribution in [3.63, 3.8) is 0 Å². The molecule has 0 aromatic heterocycles. The molecule has 0 saturated carbocycles. The smallest absolute Gasteiger partial charge is 0.274 e. The largest absolute Gasteiger partial charge is 0.459 e. The lowest BCUT2D eigenvalue weighted by molar-refractivity contribution is -0.276. The maximum absolute atomic E-state index is 6.18. The number of hydrogen-bond acceptors (Lipinski definition) is 21. The van der Waals surface area contributed by atoms with E-state index in [1.165, 1.54) is 0 Å². The number of rotatable bonds is 24. The molecule has 21 heteroatoms.